The lowest BCUT2D eigenvalue weighted by Gasteiger charge is -2.62. The highest BCUT2D eigenvalue weighted by Gasteiger charge is 2.63. The van der Waals surface area contributed by atoms with Gasteiger partial charge in [-0.05, 0) is 116 Å². The molecule has 0 aromatic heterocycles. The smallest absolute Gasteiger partial charge is 0.220 e. The topological polar surface area (TPSA) is 81.6 Å². The molecule has 5 nitrogen and oxygen atoms in total. The van der Waals surface area contributed by atoms with Crippen molar-refractivity contribution in [1.29, 1.82) is 0 Å². The molecule has 0 aromatic carbocycles. The minimum Gasteiger partial charge on any atom is -0.393 e. The van der Waals surface area contributed by atoms with Gasteiger partial charge in [0.1, 0.15) is 0 Å². The van der Waals surface area contributed by atoms with Gasteiger partial charge in [-0.25, -0.2) is 4.84 Å². The molecule has 4 aliphatic carbocycles. The number of aliphatic hydroxyl groups is 2. The molecule has 0 bridgehead atoms. The van der Waals surface area contributed by atoms with E-state index in [0.29, 0.717) is 55.0 Å². The number of rotatable bonds is 7. The van der Waals surface area contributed by atoms with Crippen LogP contribution in [0.15, 0.2) is 0 Å². The zero-order valence-corrected chi connectivity index (χ0v) is 21.0. The molecule has 0 radical (unpaired) electrons. The molecule has 6 heteroatoms. The van der Waals surface area contributed by atoms with E-state index in [1.807, 2.05) is 0 Å². The minimum atomic E-state index is -0.255. The van der Waals surface area contributed by atoms with E-state index in [1.54, 1.807) is 0 Å². The summed E-state index contributed by atoms with van der Waals surface area (Å²) in [5.74, 6) is 3.54. The number of carbonyl (C=O) groups excluding carboxylic acids is 1. The van der Waals surface area contributed by atoms with Crippen molar-refractivity contribution in [2.45, 2.75) is 97.2 Å². The SMILES string of the molecule is C[C@H](CCC(=O)NCCNCl)[C@H]1CC[C@H]2[C@@H]3CCC4C[C@H](O)CC[C@]4(C)[C@H]3C[C@H](O)[C@]12C. The molecular weight excluding hydrogens is 424 g/mol. The van der Waals surface area contributed by atoms with E-state index in [-0.39, 0.29) is 28.9 Å². The molecule has 0 aromatic rings. The van der Waals surface area contributed by atoms with Crippen molar-refractivity contribution in [3.8, 4) is 0 Å². The zero-order valence-electron chi connectivity index (χ0n) is 20.3. The van der Waals surface area contributed by atoms with Crippen LogP contribution in [0.2, 0.25) is 0 Å². The zero-order chi connectivity index (χ0) is 23.1. The second kappa shape index (κ2) is 9.71. The van der Waals surface area contributed by atoms with Crippen molar-refractivity contribution >= 4 is 17.7 Å². The Kier molecular flexibility index (Phi) is 7.51. The molecule has 4 aliphatic rings. The number of aliphatic hydroxyl groups excluding tert-OH is 2. The van der Waals surface area contributed by atoms with Crippen LogP contribution in [0.5, 0.6) is 0 Å². The molecule has 32 heavy (non-hydrogen) atoms. The number of hydrogen-bond donors (Lipinski definition) is 4. The number of amides is 1. The lowest BCUT2D eigenvalue weighted by molar-refractivity contribution is -0.174. The van der Waals surface area contributed by atoms with Crippen LogP contribution >= 0.6 is 11.8 Å². The number of fused-ring (bicyclic) bond motifs is 5. The first kappa shape index (κ1) is 24.8. The number of hydrogen-bond acceptors (Lipinski definition) is 4. The summed E-state index contributed by atoms with van der Waals surface area (Å²) in [5, 5.41) is 24.8. The summed E-state index contributed by atoms with van der Waals surface area (Å²) < 4.78 is 0. The number of nitrogens with one attached hydrogen (secondary N) is 2. The molecular formula is C26H45ClN2O3. The maximum atomic E-state index is 12.2. The van der Waals surface area contributed by atoms with Gasteiger partial charge < -0.3 is 15.5 Å². The van der Waals surface area contributed by atoms with Gasteiger partial charge in [0, 0.05) is 19.5 Å². The molecule has 0 aliphatic heterocycles. The first-order chi connectivity index (χ1) is 15.2. The van der Waals surface area contributed by atoms with Crippen LogP contribution in [-0.2, 0) is 4.79 Å². The van der Waals surface area contributed by atoms with Crippen LogP contribution in [0.3, 0.4) is 0 Å². The first-order valence-electron chi connectivity index (χ1n) is 13.2. The average molecular weight is 469 g/mol. The predicted octanol–water partition coefficient (Wildman–Crippen LogP) is 4.25. The van der Waals surface area contributed by atoms with Crippen molar-refractivity contribution in [3.05, 3.63) is 0 Å². The van der Waals surface area contributed by atoms with Crippen molar-refractivity contribution in [1.82, 2.24) is 10.2 Å². The minimum absolute atomic E-state index is 0.0308. The Morgan fingerprint density at radius 2 is 1.84 bits per heavy atom. The van der Waals surface area contributed by atoms with Gasteiger partial charge in [0.25, 0.3) is 0 Å². The maximum Gasteiger partial charge on any atom is 0.220 e. The molecule has 1 unspecified atom stereocenters. The molecule has 10 atom stereocenters. The van der Waals surface area contributed by atoms with Crippen LogP contribution in [0.1, 0.15) is 85.0 Å². The third kappa shape index (κ3) is 4.25. The van der Waals surface area contributed by atoms with Crippen molar-refractivity contribution in [2.75, 3.05) is 13.1 Å². The van der Waals surface area contributed by atoms with E-state index < -0.39 is 0 Å². The standard InChI is InChI=1S/C26H45ClN2O3/c1-16(4-9-24(32)28-12-13-29-27)20-7-8-21-19-6-5-17-14-18(30)10-11-25(17,2)22(19)15-23(31)26(20,21)3/h16-23,29-31H,4-15H2,1-3H3,(H,28,32)/t16-,17?,18-,19+,20-,21+,22+,23+,25+,26-/m1/s1. The molecule has 4 rings (SSSR count). The van der Waals surface area contributed by atoms with E-state index in [9.17, 15) is 15.0 Å². The largest absolute Gasteiger partial charge is 0.393 e. The summed E-state index contributed by atoms with van der Waals surface area (Å²) in [6, 6.07) is 0. The fourth-order valence-electron chi connectivity index (χ4n) is 9.06. The van der Waals surface area contributed by atoms with Crippen molar-refractivity contribution in [3.63, 3.8) is 0 Å². The third-order valence-corrected chi connectivity index (χ3v) is 11.1. The van der Waals surface area contributed by atoms with Crippen LogP contribution < -0.4 is 10.2 Å². The van der Waals surface area contributed by atoms with Gasteiger partial charge in [-0.3, -0.25) is 4.79 Å². The Morgan fingerprint density at radius 3 is 2.59 bits per heavy atom. The van der Waals surface area contributed by atoms with Crippen LogP contribution in [0.25, 0.3) is 0 Å². The monoisotopic (exact) mass is 468 g/mol. The van der Waals surface area contributed by atoms with Crippen LogP contribution in [0.4, 0.5) is 0 Å². The van der Waals surface area contributed by atoms with Gasteiger partial charge in [-0.1, -0.05) is 20.8 Å². The first-order valence-corrected chi connectivity index (χ1v) is 13.6. The van der Waals surface area contributed by atoms with E-state index in [1.165, 1.54) is 25.7 Å². The summed E-state index contributed by atoms with van der Waals surface area (Å²) in [6.07, 6.45) is 9.89. The third-order valence-electron chi connectivity index (χ3n) is 10.9. The fraction of sp³-hybridized carbons (Fsp3) is 0.962. The quantitative estimate of drug-likeness (QED) is 0.332. The van der Waals surface area contributed by atoms with E-state index in [0.717, 1.165) is 32.1 Å². The Labute approximate surface area is 199 Å². The summed E-state index contributed by atoms with van der Waals surface area (Å²) in [6.45, 7) is 8.27. The Morgan fingerprint density at radius 1 is 1.06 bits per heavy atom. The van der Waals surface area contributed by atoms with Crippen molar-refractivity contribution in [2.24, 2.45) is 46.3 Å². The van der Waals surface area contributed by atoms with Crippen LogP contribution in [-0.4, -0.2) is 41.4 Å². The molecule has 1 amide bonds. The Balaban J connectivity index is 1.43. The highest BCUT2D eigenvalue weighted by Crippen LogP contribution is 2.68. The Hall–Kier alpha value is -0.360. The molecule has 4 N–H and O–H groups in total. The van der Waals surface area contributed by atoms with Gasteiger partial charge in [0.05, 0.1) is 12.2 Å². The van der Waals surface area contributed by atoms with Gasteiger partial charge >= 0.3 is 0 Å². The predicted molar refractivity (Wildman–Crippen MR) is 128 cm³/mol. The average Bonchev–Trinajstić information content (AvgIpc) is 3.12. The molecule has 4 saturated carbocycles. The van der Waals surface area contributed by atoms with Crippen LogP contribution in [0, 0.1) is 46.3 Å². The van der Waals surface area contributed by atoms with E-state index in [4.69, 9.17) is 11.8 Å². The van der Waals surface area contributed by atoms with E-state index >= 15 is 0 Å². The molecule has 0 saturated heterocycles. The summed E-state index contributed by atoms with van der Waals surface area (Å²) >= 11 is 5.46. The lowest BCUT2D eigenvalue weighted by atomic mass is 9.43. The van der Waals surface area contributed by atoms with Crippen molar-refractivity contribution < 1.29 is 15.0 Å². The maximum absolute atomic E-state index is 12.2. The normalized spacial score (nSPS) is 46.6. The molecule has 4 fully saturated rings. The molecule has 0 heterocycles. The number of halogens is 1. The fourth-order valence-corrected chi connectivity index (χ4v) is 9.15. The second-order valence-electron chi connectivity index (χ2n) is 12.1. The highest BCUT2D eigenvalue weighted by molar-refractivity contribution is 6.13. The van der Waals surface area contributed by atoms with Gasteiger partial charge in [-0.2, -0.15) is 0 Å². The molecule has 184 valence electrons. The summed E-state index contributed by atoms with van der Waals surface area (Å²) in [7, 11) is 0. The number of carbonyl (C=O) groups is 1. The summed E-state index contributed by atoms with van der Waals surface area (Å²) in [4.78, 5) is 14.7. The Bertz CT molecular complexity index is 677. The van der Waals surface area contributed by atoms with Gasteiger partial charge in [0.15, 0.2) is 0 Å². The molecule has 0 spiro atoms. The van der Waals surface area contributed by atoms with E-state index in [2.05, 4.69) is 30.9 Å². The highest BCUT2D eigenvalue weighted by atomic mass is 35.5. The lowest BCUT2D eigenvalue weighted by Crippen LogP contribution is -2.58. The summed E-state index contributed by atoms with van der Waals surface area (Å²) in [5.41, 5.74) is 0.251. The van der Waals surface area contributed by atoms with Gasteiger partial charge in [0.2, 0.25) is 5.91 Å². The van der Waals surface area contributed by atoms with Gasteiger partial charge in [-0.15, -0.1) is 0 Å². The second-order valence-corrected chi connectivity index (χ2v) is 12.4.